The first-order valence-electron chi connectivity index (χ1n) is 6.67. The van der Waals surface area contributed by atoms with Gasteiger partial charge in [0.1, 0.15) is 23.5 Å². The van der Waals surface area contributed by atoms with Crippen molar-refractivity contribution < 1.29 is 19.7 Å². The Labute approximate surface area is 123 Å². The molecule has 0 aliphatic carbocycles. The van der Waals surface area contributed by atoms with Crippen molar-refractivity contribution in [3.8, 4) is 17.2 Å². The van der Waals surface area contributed by atoms with Gasteiger partial charge < -0.3 is 19.7 Å². The van der Waals surface area contributed by atoms with E-state index in [0.29, 0.717) is 11.3 Å². The lowest BCUT2D eigenvalue weighted by atomic mass is 9.87. The predicted octanol–water partition coefficient (Wildman–Crippen LogP) is 3.14. The normalized spacial score (nSPS) is 11.9. The van der Waals surface area contributed by atoms with Gasteiger partial charge in [0.15, 0.2) is 0 Å². The molecule has 4 nitrogen and oxygen atoms in total. The van der Waals surface area contributed by atoms with E-state index in [2.05, 4.69) is 0 Å². The molecule has 0 radical (unpaired) electrons. The van der Waals surface area contributed by atoms with E-state index in [1.807, 2.05) is 12.1 Å². The number of benzene rings is 2. The van der Waals surface area contributed by atoms with Gasteiger partial charge in [0.25, 0.3) is 0 Å². The Bertz CT molecular complexity index is 609. The number of hydrogen-bond acceptors (Lipinski definition) is 4. The Balaban J connectivity index is 2.50. The molecular weight excluding hydrogens is 268 g/mol. The van der Waals surface area contributed by atoms with Crippen molar-refractivity contribution in [2.45, 2.75) is 19.3 Å². The Kier molecular flexibility index (Phi) is 4.48. The molecule has 110 valence electrons. The maximum atomic E-state index is 11.0. The molecule has 21 heavy (non-hydrogen) atoms. The van der Waals surface area contributed by atoms with Gasteiger partial charge in [-0.05, 0) is 42.3 Å². The van der Waals surface area contributed by atoms with Crippen molar-refractivity contribution in [2.75, 3.05) is 7.11 Å². The molecule has 0 heterocycles. The van der Waals surface area contributed by atoms with Crippen LogP contribution < -0.4 is 4.74 Å². The van der Waals surface area contributed by atoms with Crippen LogP contribution in [-0.2, 0) is 4.79 Å². The minimum Gasteiger partial charge on any atom is -0.507 e. The number of phenolic OH excluding ortho intramolecular Hbond substituents is 2. The van der Waals surface area contributed by atoms with Crippen molar-refractivity contribution in [2.24, 2.45) is 0 Å². The zero-order valence-electron chi connectivity index (χ0n) is 12.0. The average molecular weight is 286 g/mol. The van der Waals surface area contributed by atoms with Crippen LogP contribution >= 0.6 is 0 Å². The fourth-order valence-electron chi connectivity index (χ4n) is 2.47. The third-order valence-corrected chi connectivity index (χ3v) is 3.48. The number of ether oxygens (including phenoxy) is 1. The van der Waals surface area contributed by atoms with Crippen LogP contribution in [0.25, 0.3) is 0 Å². The van der Waals surface area contributed by atoms with Crippen LogP contribution in [0.4, 0.5) is 0 Å². The summed E-state index contributed by atoms with van der Waals surface area (Å²) in [6.45, 7) is 1.78. The van der Waals surface area contributed by atoms with Gasteiger partial charge in [-0.2, -0.15) is 0 Å². The minimum atomic E-state index is -0.394. The van der Waals surface area contributed by atoms with Gasteiger partial charge in [-0.3, -0.25) is 0 Å². The second kappa shape index (κ2) is 6.31. The SMILES string of the molecule is COc1ccc(C(CC=O)c2c(O)cc(C)cc2O)cc1. The van der Waals surface area contributed by atoms with Crippen LogP contribution in [0.1, 0.15) is 29.0 Å². The second-order valence-electron chi connectivity index (χ2n) is 4.94. The van der Waals surface area contributed by atoms with Crippen molar-refractivity contribution in [1.82, 2.24) is 0 Å². The van der Waals surface area contributed by atoms with Crippen molar-refractivity contribution >= 4 is 6.29 Å². The van der Waals surface area contributed by atoms with Crippen LogP contribution in [0.3, 0.4) is 0 Å². The molecule has 0 aliphatic rings. The summed E-state index contributed by atoms with van der Waals surface area (Å²) in [6, 6.07) is 10.4. The molecule has 0 fully saturated rings. The van der Waals surface area contributed by atoms with E-state index in [1.54, 1.807) is 38.3 Å². The lowest BCUT2D eigenvalue weighted by Crippen LogP contribution is -2.03. The van der Waals surface area contributed by atoms with E-state index in [4.69, 9.17) is 4.74 Å². The number of aryl methyl sites for hydroxylation is 1. The Morgan fingerprint density at radius 2 is 1.71 bits per heavy atom. The van der Waals surface area contributed by atoms with E-state index in [9.17, 15) is 15.0 Å². The van der Waals surface area contributed by atoms with Crippen LogP contribution in [0.2, 0.25) is 0 Å². The Morgan fingerprint density at radius 1 is 1.14 bits per heavy atom. The maximum absolute atomic E-state index is 11.0. The first-order valence-corrected chi connectivity index (χ1v) is 6.67. The summed E-state index contributed by atoms with van der Waals surface area (Å²) in [7, 11) is 1.58. The van der Waals surface area contributed by atoms with E-state index in [1.165, 1.54) is 0 Å². The van der Waals surface area contributed by atoms with Gasteiger partial charge in [-0.1, -0.05) is 12.1 Å². The molecular formula is C17H18O4. The number of carbonyl (C=O) groups is 1. The molecule has 0 saturated carbocycles. The van der Waals surface area contributed by atoms with Gasteiger partial charge in [0.05, 0.1) is 7.11 Å². The number of aromatic hydroxyl groups is 2. The first-order chi connectivity index (χ1) is 10.1. The minimum absolute atomic E-state index is 0.00447. The second-order valence-corrected chi connectivity index (χ2v) is 4.94. The summed E-state index contributed by atoms with van der Waals surface area (Å²) >= 11 is 0. The molecule has 0 spiro atoms. The third-order valence-electron chi connectivity index (χ3n) is 3.48. The first kappa shape index (κ1) is 14.9. The average Bonchev–Trinajstić information content (AvgIpc) is 2.45. The molecule has 2 N–H and O–H groups in total. The molecule has 0 bridgehead atoms. The predicted molar refractivity (Wildman–Crippen MR) is 80.0 cm³/mol. The molecule has 4 heteroatoms. The number of methoxy groups -OCH3 is 1. The van der Waals surface area contributed by atoms with Crippen LogP contribution in [0.15, 0.2) is 36.4 Å². The van der Waals surface area contributed by atoms with Gasteiger partial charge in [-0.15, -0.1) is 0 Å². The largest absolute Gasteiger partial charge is 0.507 e. The third kappa shape index (κ3) is 3.16. The highest BCUT2D eigenvalue weighted by Gasteiger charge is 2.21. The smallest absolute Gasteiger partial charge is 0.123 e. The van der Waals surface area contributed by atoms with E-state index >= 15 is 0 Å². The van der Waals surface area contributed by atoms with Gasteiger partial charge in [0, 0.05) is 17.9 Å². The van der Waals surface area contributed by atoms with Crippen molar-refractivity contribution in [1.29, 1.82) is 0 Å². The summed E-state index contributed by atoms with van der Waals surface area (Å²) in [5, 5.41) is 20.3. The lowest BCUT2D eigenvalue weighted by Gasteiger charge is -2.19. The van der Waals surface area contributed by atoms with Gasteiger partial charge in [-0.25, -0.2) is 0 Å². The summed E-state index contributed by atoms with van der Waals surface area (Å²) in [5.41, 5.74) is 1.96. The summed E-state index contributed by atoms with van der Waals surface area (Å²) in [6.07, 6.45) is 0.962. The molecule has 2 rings (SSSR count). The topological polar surface area (TPSA) is 66.8 Å². The number of rotatable bonds is 5. The monoisotopic (exact) mass is 286 g/mol. The Morgan fingerprint density at radius 3 is 2.19 bits per heavy atom. The number of hydrogen-bond donors (Lipinski definition) is 2. The molecule has 0 aliphatic heterocycles. The molecule has 2 aromatic rings. The zero-order chi connectivity index (χ0) is 15.4. The molecule has 1 unspecified atom stereocenters. The van der Waals surface area contributed by atoms with E-state index < -0.39 is 5.92 Å². The summed E-state index contributed by atoms with van der Waals surface area (Å²) in [4.78, 5) is 11.0. The van der Waals surface area contributed by atoms with Crippen molar-refractivity contribution in [3.05, 3.63) is 53.1 Å². The standard InChI is InChI=1S/C17H18O4/c1-11-9-15(19)17(16(20)10-11)14(7-8-18)12-3-5-13(21-2)6-4-12/h3-6,8-10,14,19-20H,7H2,1-2H3. The van der Waals surface area contributed by atoms with Crippen LogP contribution in [0.5, 0.6) is 17.2 Å². The summed E-state index contributed by atoms with van der Waals surface area (Å²) in [5.74, 6) is 0.306. The number of phenols is 2. The molecule has 1 atom stereocenters. The van der Waals surface area contributed by atoms with Crippen molar-refractivity contribution in [3.63, 3.8) is 0 Å². The van der Waals surface area contributed by atoms with E-state index in [-0.39, 0.29) is 17.9 Å². The summed E-state index contributed by atoms with van der Waals surface area (Å²) < 4.78 is 5.11. The fourth-order valence-corrected chi connectivity index (χ4v) is 2.47. The molecule has 0 aromatic heterocycles. The highest BCUT2D eigenvalue weighted by molar-refractivity contribution is 5.59. The fraction of sp³-hybridized carbons (Fsp3) is 0.235. The van der Waals surface area contributed by atoms with E-state index in [0.717, 1.165) is 17.4 Å². The molecule has 0 saturated heterocycles. The highest BCUT2D eigenvalue weighted by Crippen LogP contribution is 2.40. The van der Waals surface area contributed by atoms with Gasteiger partial charge >= 0.3 is 0 Å². The van der Waals surface area contributed by atoms with Crippen LogP contribution in [-0.4, -0.2) is 23.6 Å². The number of aldehydes is 1. The quantitative estimate of drug-likeness (QED) is 0.829. The molecule has 0 amide bonds. The van der Waals surface area contributed by atoms with Gasteiger partial charge in [0.2, 0.25) is 0 Å². The Hall–Kier alpha value is -2.49. The zero-order valence-corrected chi connectivity index (χ0v) is 12.0. The lowest BCUT2D eigenvalue weighted by molar-refractivity contribution is -0.108. The highest BCUT2D eigenvalue weighted by atomic mass is 16.5. The molecule has 2 aromatic carbocycles. The maximum Gasteiger partial charge on any atom is 0.123 e. The van der Waals surface area contributed by atoms with Crippen LogP contribution in [0, 0.1) is 6.92 Å². The number of carbonyl (C=O) groups excluding carboxylic acids is 1.